The van der Waals surface area contributed by atoms with Crippen molar-refractivity contribution in [1.29, 1.82) is 0 Å². The number of carbonyl (C=O) groups excluding carboxylic acids is 1. The quantitative estimate of drug-likeness (QED) is 0.674. The zero-order valence-electron chi connectivity index (χ0n) is 10.1. The molecule has 1 heterocycles. The molecule has 1 aromatic carbocycles. The fourth-order valence-electron chi connectivity index (χ4n) is 1.42. The van der Waals surface area contributed by atoms with Crippen LogP contribution in [0.1, 0.15) is 16.2 Å². The Bertz CT molecular complexity index is 629. The molecular formula is C11H10BrN5O3. The van der Waals surface area contributed by atoms with E-state index in [1.54, 1.807) is 12.1 Å². The number of carbonyl (C=O) groups is 2. The van der Waals surface area contributed by atoms with Gasteiger partial charge in [-0.2, -0.15) is 5.10 Å². The molecule has 0 radical (unpaired) electrons. The first-order chi connectivity index (χ1) is 9.56. The summed E-state index contributed by atoms with van der Waals surface area (Å²) in [5, 5.41) is 20.3. The van der Waals surface area contributed by atoms with Gasteiger partial charge in [0.05, 0.1) is 12.1 Å². The summed E-state index contributed by atoms with van der Waals surface area (Å²) in [7, 11) is 0. The maximum absolute atomic E-state index is 11.6. The van der Waals surface area contributed by atoms with Crippen molar-refractivity contribution in [2.24, 2.45) is 0 Å². The van der Waals surface area contributed by atoms with Gasteiger partial charge in [-0.05, 0) is 34.1 Å². The Kier molecular flexibility index (Phi) is 4.31. The van der Waals surface area contributed by atoms with Gasteiger partial charge in [0.2, 0.25) is 0 Å². The van der Waals surface area contributed by atoms with Crippen LogP contribution in [0.2, 0.25) is 0 Å². The van der Waals surface area contributed by atoms with Gasteiger partial charge < -0.3 is 15.7 Å². The number of amides is 2. The Balaban J connectivity index is 1.97. The number of carboxylic acid groups (broad SMARTS) is 1. The number of benzene rings is 1. The van der Waals surface area contributed by atoms with Crippen LogP contribution in [-0.4, -0.2) is 32.3 Å². The molecule has 0 spiro atoms. The summed E-state index contributed by atoms with van der Waals surface area (Å²) in [5.41, 5.74) is 0.443. The Hall–Kier alpha value is -2.42. The van der Waals surface area contributed by atoms with Crippen molar-refractivity contribution in [2.75, 3.05) is 5.32 Å². The van der Waals surface area contributed by atoms with Crippen LogP contribution < -0.4 is 10.6 Å². The van der Waals surface area contributed by atoms with Crippen LogP contribution >= 0.6 is 15.9 Å². The number of hydrogen-bond donors (Lipinski definition) is 4. The zero-order chi connectivity index (χ0) is 14.5. The Labute approximate surface area is 121 Å². The molecule has 104 valence electrons. The average molecular weight is 340 g/mol. The summed E-state index contributed by atoms with van der Waals surface area (Å²) in [6.45, 7) is 0.189. The molecule has 0 fully saturated rings. The van der Waals surface area contributed by atoms with Crippen LogP contribution in [0.5, 0.6) is 0 Å². The van der Waals surface area contributed by atoms with E-state index in [0.717, 1.165) is 0 Å². The second-order valence-corrected chi connectivity index (χ2v) is 4.59. The van der Waals surface area contributed by atoms with Crippen LogP contribution in [0.4, 0.5) is 10.5 Å². The molecule has 2 aromatic rings. The minimum absolute atomic E-state index is 0.0676. The van der Waals surface area contributed by atoms with E-state index < -0.39 is 12.0 Å². The van der Waals surface area contributed by atoms with Crippen molar-refractivity contribution in [3.8, 4) is 0 Å². The van der Waals surface area contributed by atoms with E-state index in [1.807, 2.05) is 0 Å². The van der Waals surface area contributed by atoms with E-state index in [0.29, 0.717) is 16.0 Å². The lowest BCUT2D eigenvalue weighted by atomic mass is 10.2. The first-order valence-electron chi connectivity index (χ1n) is 5.48. The molecule has 0 bridgehead atoms. The number of anilines is 1. The van der Waals surface area contributed by atoms with Gasteiger partial charge in [-0.15, -0.1) is 0 Å². The Morgan fingerprint density at radius 1 is 1.40 bits per heavy atom. The highest BCUT2D eigenvalue weighted by molar-refractivity contribution is 9.10. The van der Waals surface area contributed by atoms with Crippen molar-refractivity contribution in [2.45, 2.75) is 6.54 Å². The largest absolute Gasteiger partial charge is 0.478 e. The lowest BCUT2D eigenvalue weighted by Crippen LogP contribution is -2.28. The summed E-state index contributed by atoms with van der Waals surface area (Å²) in [4.78, 5) is 26.4. The summed E-state index contributed by atoms with van der Waals surface area (Å²) >= 11 is 3.13. The van der Waals surface area contributed by atoms with Crippen LogP contribution in [0.15, 0.2) is 29.0 Å². The summed E-state index contributed by atoms with van der Waals surface area (Å²) < 4.78 is 0.442. The van der Waals surface area contributed by atoms with E-state index >= 15 is 0 Å². The highest BCUT2D eigenvalue weighted by atomic mass is 79.9. The van der Waals surface area contributed by atoms with E-state index in [-0.39, 0.29) is 12.1 Å². The van der Waals surface area contributed by atoms with Gasteiger partial charge in [0.25, 0.3) is 0 Å². The number of urea groups is 1. The van der Waals surface area contributed by atoms with Gasteiger partial charge in [0, 0.05) is 10.2 Å². The SMILES string of the molecule is O=C(NCc1ncn[nH]1)Nc1ccc(Br)c(C(=O)O)c1. The topological polar surface area (TPSA) is 120 Å². The number of H-pyrrole nitrogens is 1. The second-order valence-electron chi connectivity index (χ2n) is 3.74. The number of aromatic carboxylic acids is 1. The molecule has 0 unspecified atom stereocenters. The molecule has 1 aromatic heterocycles. The third-order valence-corrected chi connectivity index (χ3v) is 3.03. The third-order valence-electron chi connectivity index (χ3n) is 2.34. The summed E-state index contributed by atoms with van der Waals surface area (Å²) in [6.07, 6.45) is 1.34. The average Bonchev–Trinajstić information content (AvgIpc) is 2.91. The molecule has 8 nitrogen and oxygen atoms in total. The van der Waals surface area contributed by atoms with Crippen molar-refractivity contribution >= 4 is 33.6 Å². The van der Waals surface area contributed by atoms with Gasteiger partial charge in [-0.1, -0.05) is 0 Å². The molecular weight excluding hydrogens is 330 g/mol. The monoisotopic (exact) mass is 339 g/mol. The second kappa shape index (κ2) is 6.15. The van der Waals surface area contributed by atoms with E-state index in [4.69, 9.17) is 5.11 Å². The van der Waals surface area contributed by atoms with E-state index in [1.165, 1.54) is 12.4 Å². The predicted octanol–water partition coefficient (Wildman–Crippen LogP) is 1.59. The van der Waals surface area contributed by atoms with Gasteiger partial charge in [0.1, 0.15) is 12.2 Å². The van der Waals surface area contributed by atoms with Crippen molar-refractivity contribution in [3.63, 3.8) is 0 Å². The number of nitrogens with zero attached hydrogens (tertiary/aromatic N) is 2. The Morgan fingerprint density at radius 3 is 2.85 bits per heavy atom. The molecule has 0 saturated carbocycles. The number of hydrogen-bond acceptors (Lipinski definition) is 4. The normalized spacial score (nSPS) is 10.1. The number of halogens is 1. The van der Waals surface area contributed by atoms with Crippen LogP contribution in [0.25, 0.3) is 0 Å². The van der Waals surface area contributed by atoms with E-state index in [2.05, 4.69) is 41.7 Å². The number of nitrogens with one attached hydrogen (secondary N) is 3. The van der Waals surface area contributed by atoms with Crippen LogP contribution in [-0.2, 0) is 6.54 Å². The van der Waals surface area contributed by atoms with Gasteiger partial charge >= 0.3 is 12.0 Å². The molecule has 0 aliphatic rings. The molecule has 9 heteroatoms. The molecule has 20 heavy (non-hydrogen) atoms. The minimum atomic E-state index is -1.08. The first-order valence-corrected chi connectivity index (χ1v) is 6.27. The molecule has 4 N–H and O–H groups in total. The molecule has 2 amide bonds. The van der Waals surface area contributed by atoms with Gasteiger partial charge in [0.15, 0.2) is 0 Å². The molecule has 0 atom stereocenters. The fourth-order valence-corrected chi connectivity index (χ4v) is 1.84. The number of carboxylic acids is 1. The standard InChI is InChI=1S/C11H10BrN5O3/c12-8-2-1-6(3-7(8)10(18)19)16-11(20)13-4-9-14-5-15-17-9/h1-3,5H,4H2,(H,18,19)(H2,13,16,20)(H,14,15,17). The van der Waals surface area contributed by atoms with Crippen molar-refractivity contribution in [1.82, 2.24) is 20.5 Å². The Morgan fingerprint density at radius 2 is 2.20 bits per heavy atom. The summed E-state index contributed by atoms with van der Waals surface area (Å²) in [5.74, 6) is -0.565. The maximum Gasteiger partial charge on any atom is 0.336 e. The minimum Gasteiger partial charge on any atom is -0.478 e. The molecule has 0 saturated heterocycles. The van der Waals surface area contributed by atoms with Gasteiger partial charge in [-0.3, -0.25) is 5.10 Å². The van der Waals surface area contributed by atoms with Crippen molar-refractivity contribution < 1.29 is 14.7 Å². The highest BCUT2D eigenvalue weighted by Gasteiger charge is 2.10. The van der Waals surface area contributed by atoms with Crippen LogP contribution in [0, 0.1) is 0 Å². The van der Waals surface area contributed by atoms with Crippen molar-refractivity contribution in [3.05, 3.63) is 40.4 Å². The number of rotatable bonds is 4. The smallest absolute Gasteiger partial charge is 0.336 e. The lowest BCUT2D eigenvalue weighted by molar-refractivity contribution is 0.0696. The fraction of sp³-hybridized carbons (Fsp3) is 0.0909. The highest BCUT2D eigenvalue weighted by Crippen LogP contribution is 2.21. The van der Waals surface area contributed by atoms with Crippen LogP contribution in [0.3, 0.4) is 0 Å². The summed E-state index contributed by atoms with van der Waals surface area (Å²) in [6, 6.07) is 4.03. The molecule has 2 rings (SSSR count). The first kappa shape index (κ1) is 14.0. The third kappa shape index (κ3) is 3.54. The zero-order valence-corrected chi connectivity index (χ0v) is 11.6. The number of aromatic nitrogens is 3. The predicted molar refractivity (Wildman–Crippen MR) is 73.3 cm³/mol. The molecule has 0 aliphatic heterocycles. The lowest BCUT2D eigenvalue weighted by Gasteiger charge is -2.08. The van der Waals surface area contributed by atoms with E-state index in [9.17, 15) is 9.59 Å². The van der Waals surface area contributed by atoms with Gasteiger partial charge in [-0.25, -0.2) is 14.6 Å². The molecule has 0 aliphatic carbocycles. The maximum atomic E-state index is 11.6. The number of aromatic amines is 1.